The lowest BCUT2D eigenvalue weighted by Crippen LogP contribution is -2.33. The third kappa shape index (κ3) is 2.53. The van der Waals surface area contributed by atoms with Gasteiger partial charge in [-0.15, -0.1) is 11.3 Å². The Hall–Kier alpha value is -2.51. The van der Waals surface area contributed by atoms with Gasteiger partial charge in [0, 0.05) is 22.0 Å². The number of thiophene rings is 1. The third-order valence-corrected chi connectivity index (χ3v) is 6.64. The molecule has 28 heavy (non-hydrogen) atoms. The van der Waals surface area contributed by atoms with Gasteiger partial charge in [-0.1, -0.05) is 22.0 Å². The largest absolute Gasteiger partial charge is 0.464 e. The lowest BCUT2D eigenvalue weighted by atomic mass is 9.96. The fourth-order valence-corrected chi connectivity index (χ4v) is 5.05. The van der Waals surface area contributed by atoms with Crippen molar-refractivity contribution in [3.05, 3.63) is 74.4 Å². The number of nitrogens with zero attached hydrogens (tertiary/aromatic N) is 2. The first kappa shape index (κ1) is 16.4. The van der Waals surface area contributed by atoms with Crippen LogP contribution < -0.4 is 14.2 Å². The highest BCUT2D eigenvalue weighted by atomic mass is 79.9. The Kier molecular flexibility index (Phi) is 3.67. The summed E-state index contributed by atoms with van der Waals surface area (Å²) in [6, 6.07) is 16.5. The van der Waals surface area contributed by atoms with E-state index >= 15 is 0 Å². The summed E-state index contributed by atoms with van der Waals surface area (Å²) in [5.74, 6) is 2.48. The minimum atomic E-state index is -0.217. The quantitative estimate of drug-likeness (QED) is 0.513. The molecule has 0 fully saturated rings. The predicted molar refractivity (Wildman–Crippen MR) is 110 cm³/mol. The molecule has 2 aromatic carbocycles. The van der Waals surface area contributed by atoms with Crippen LogP contribution in [0.3, 0.4) is 0 Å². The number of fused-ring (bicyclic) bond motifs is 4. The molecule has 3 aliphatic rings. The lowest BCUT2D eigenvalue weighted by Gasteiger charge is -2.37. The van der Waals surface area contributed by atoms with Crippen molar-refractivity contribution in [2.24, 2.45) is 5.10 Å². The van der Waals surface area contributed by atoms with Crippen molar-refractivity contribution in [1.82, 2.24) is 5.01 Å². The molecule has 7 heteroatoms. The second-order valence-electron chi connectivity index (χ2n) is 6.88. The molecule has 0 unspecified atom stereocenters. The van der Waals surface area contributed by atoms with Gasteiger partial charge < -0.3 is 14.2 Å². The van der Waals surface area contributed by atoms with E-state index in [0.717, 1.165) is 49.9 Å². The molecule has 2 atom stereocenters. The molecule has 0 spiro atoms. The molecule has 3 aliphatic heterocycles. The van der Waals surface area contributed by atoms with Crippen LogP contribution in [-0.2, 0) is 0 Å². The van der Waals surface area contributed by atoms with Crippen LogP contribution >= 0.6 is 27.3 Å². The monoisotopic (exact) mass is 454 g/mol. The van der Waals surface area contributed by atoms with Gasteiger partial charge in [0.25, 0.3) is 0 Å². The number of hydrogen-bond acceptors (Lipinski definition) is 6. The molecule has 5 nitrogen and oxygen atoms in total. The molecular weight excluding hydrogens is 440 g/mol. The minimum Gasteiger partial charge on any atom is -0.464 e. The van der Waals surface area contributed by atoms with Gasteiger partial charge in [0.15, 0.2) is 11.5 Å². The van der Waals surface area contributed by atoms with E-state index < -0.39 is 0 Å². The number of hydrogen-bond donors (Lipinski definition) is 0. The fraction of sp³-hybridized carbons (Fsp3) is 0.190. The number of ether oxygens (including phenoxy) is 3. The summed E-state index contributed by atoms with van der Waals surface area (Å²) >= 11 is 5.28. The lowest BCUT2D eigenvalue weighted by molar-refractivity contribution is -0.0166. The summed E-state index contributed by atoms with van der Waals surface area (Å²) in [7, 11) is 0. The van der Waals surface area contributed by atoms with Gasteiger partial charge in [0.05, 0.1) is 16.6 Å². The summed E-state index contributed by atoms with van der Waals surface area (Å²) in [6.45, 7) is 0.274. The summed E-state index contributed by atoms with van der Waals surface area (Å²) in [5, 5.41) is 9.16. The van der Waals surface area contributed by atoms with Crippen LogP contribution in [0.25, 0.3) is 0 Å². The molecule has 0 saturated carbocycles. The van der Waals surface area contributed by atoms with Crippen LogP contribution in [0.1, 0.15) is 34.7 Å². The standard InChI is InChI=1S/C21H15BrN2O3S/c22-13-4-6-17-14(9-13)16-10-15(12-3-5-18-19(8-12)26-11-25-18)23-24(16)21(27-17)20-2-1-7-28-20/h1-9,16,21H,10-11H2/t16-,21-/m0/s1. The molecule has 0 radical (unpaired) electrons. The van der Waals surface area contributed by atoms with Crippen LogP contribution in [-0.4, -0.2) is 17.5 Å². The SMILES string of the molecule is Brc1ccc2c(c1)[C@@H]1CC(c3ccc4c(c3)OCO4)=NN1[C@H](c1cccs1)O2. The highest BCUT2D eigenvalue weighted by Crippen LogP contribution is 2.49. The van der Waals surface area contributed by atoms with Crippen molar-refractivity contribution in [2.45, 2.75) is 18.7 Å². The van der Waals surface area contributed by atoms with Crippen molar-refractivity contribution in [3.63, 3.8) is 0 Å². The first-order chi connectivity index (χ1) is 13.8. The molecule has 1 aromatic heterocycles. The van der Waals surface area contributed by atoms with Gasteiger partial charge in [-0.25, -0.2) is 5.01 Å². The van der Waals surface area contributed by atoms with E-state index in [1.54, 1.807) is 11.3 Å². The maximum absolute atomic E-state index is 6.37. The minimum absolute atomic E-state index is 0.133. The Morgan fingerprint density at radius 1 is 1.04 bits per heavy atom. The predicted octanol–water partition coefficient (Wildman–Crippen LogP) is 5.48. The Labute approximate surface area is 174 Å². The van der Waals surface area contributed by atoms with Gasteiger partial charge in [-0.3, -0.25) is 0 Å². The van der Waals surface area contributed by atoms with Crippen molar-refractivity contribution < 1.29 is 14.2 Å². The van der Waals surface area contributed by atoms with E-state index in [4.69, 9.17) is 19.3 Å². The molecule has 140 valence electrons. The Morgan fingerprint density at radius 3 is 2.82 bits per heavy atom. The number of benzene rings is 2. The first-order valence-corrected chi connectivity index (χ1v) is 10.7. The van der Waals surface area contributed by atoms with Gasteiger partial charge in [-0.2, -0.15) is 5.10 Å². The first-order valence-electron chi connectivity index (χ1n) is 9.01. The second-order valence-corrected chi connectivity index (χ2v) is 8.78. The molecular formula is C21H15BrN2O3S. The van der Waals surface area contributed by atoms with Crippen molar-refractivity contribution in [2.75, 3.05) is 6.79 Å². The van der Waals surface area contributed by atoms with Crippen LogP contribution in [0, 0.1) is 0 Å². The summed E-state index contributed by atoms with van der Waals surface area (Å²) in [4.78, 5) is 1.15. The van der Waals surface area contributed by atoms with Crippen LogP contribution in [0.15, 0.2) is 63.5 Å². The zero-order valence-electron chi connectivity index (χ0n) is 14.7. The topological polar surface area (TPSA) is 43.3 Å². The Balaban J connectivity index is 1.44. The molecule has 0 N–H and O–H groups in total. The van der Waals surface area contributed by atoms with E-state index in [1.807, 2.05) is 36.4 Å². The van der Waals surface area contributed by atoms with E-state index in [2.05, 4.69) is 38.5 Å². The average molecular weight is 455 g/mol. The van der Waals surface area contributed by atoms with E-state index in [9.17, 15) is 0 Å². The van der Waals surface area contributed by atoms with E-state index in [0.29, 0.717) is 0 Å². The highest BCUT2D eigenvalue weighted by Gasteiger charge is 2.41. The number of rotatable bonds is 2. The zero-order chi connectivity index (χ0) is 18.7. The van der Waals surface area contributed by atoms with Crippen LogP contribution in [0.2, 0.25) is 0 Å². The van der Waals surface area contributed by atoms with Gasteiger partial charge in [0.2, 0.25) is 13.0 Å². The smallest absolute Gasteiger partial charge is 0.231 e. The Bertz CT molecular complexity index is 1100. The van der Waals surface area contributed by atoms with Crippen LogP contribution in [0.5, 0.6) is 17.2 Å². The summed E-state index contributed by atoms with van der Waals surface area (Å²) in [6.07, 6.45) is 0.596. The highest BCUT2D eigenvalue weighted by molar-refractivity contribution is 9.10. The molecule has 0 saturated heterocycles. The third-order valence-electron chi connectivity index (χ3n) is 5.24. The van der Waals surface area contributed by atoms with Crippen molar-refractivity contribution >= 4 is 33.0 Å². The zero-order valence-corrected chi connectivity index (χ0v) is 17.1. The second kappa shape index (κ2) is 6.25. The molecule has 0 aliphatic carbocycles. The van der Waals surface area contributed by atoms with Crippen molar-refractivity contribution in [1.29, 1.82) is 0 Å². The number of hydrazone groups is 1. The molecule has 0 bridgehead atoms. The van der Waals surface area contributed by atoms with Gasteiger partial charge >= 0.3 is 0 Å². The normalized spacial score (nSPS) is 21.8. The number of halogens is 1. The van der Waals surface area contributed by atoms with Crippen molar-refractivity contribution in [3.8, 4) is 17.2 Å². The molecule has 0 amide bonds. The maximum atomic E-state index is 6.37. The fourth-order valence-electron chi connectivity index (χ4n) is 3.93. The molecule has 3 aromatic rings. The van der Waals surface area contributed by atoms with Crippen LogP contribution in [0.4, 0.5) is 0 Å². The van der Waals surface area contributed by atoms with E-state index in [1.165, 1.54) is 0 Å². The summed E-state index contributed by atoms with van der Waals surface area (Å²) in [5.41, 5.74) is 3.24. The van der Waals surface area contributed by atoms with E-state index in [-0.39, 0.29) is 19.1 Å². The van der Waals surface area contributed by atoms with Gasteiger partial charge in [0.1, 0.15) is 5.75 Å². The molecule has 4 heterocycles. The maximum Gasteiger partial charge on any atom is 0.231 e. The summed E-state index contributed by atoms with van der Waals surface area (Å²) < 4.78 is 18.4. The average Bonchev–Trinajstić information content (AvgIpc) is 3.46. The van der Waals surface area contributed by atoms with Gasteiger partial charge in [-0.05, 0) is 47.8 Å². The molecule has 6 rings (SSSR count). The Morgan fingerprint density at radius 2 is 1.93 bits per heavy atom.